The molecule has 1 saturated heterocycles. The van der Waals surface area contributed by atoms with Crippen LogP contribution in [0.25, 0.3) is 5.69 Å². The Bertz CT molecular complexity index is 1260. The van der Waals surface area contributed by atoms with Gasteiger partial charge in [-0.2, -0.15) is 4.98 Å². The van der Waals surface area contributed by atoms with E-state index >= 15 is 0 Å². The van der Waals surface area contributed by atoms with Gasteiger partial charge in [0.1, 0.15) is 12.1 Å². The monoisotopic (exact) mass is 561 g/mol. The molecule has 0 bridgehead atoms. The summed E-state index contributed by atoms with van der Waals surface area (Å²) in [5, 5.41) is 13.3. The average molecular weight is 562 g/mol. The van der Waals surface area contributed by atoms with Gasteiger partial charge in [0.05, 0.1) is 5.69 Å². The number of aromatic nitrogens is 3. The molecule has 4 rings (SSSR count). The first-order chi connectivity index (χ1) is 18.7. The Hall–Kier alpha value is -3.87. The lowest BCUT2D eigenvalue weighted by molar-refractivity contribution is -0.274. The van der Waals surface area contributed by atoms with Crippen LogP contribution < -0.4 is 25.6 Å². The Morgan fingerprint density at radius 2 is 1.85 bits per heavy atom. The molecular formula is C26H30F3N7O2S. The minimum absolute atomic E-state index is 0.249. The third-order valence-electron chi connectivity index (χ3n) is 6.42. The van der Waals surface area contributed by atoms with Gasteiger partial charge in [0.15, 0.2) is 5.11 Å². The highest BCUT2D eigenvalue weighted by Gasteiger charge is 2.31. The molecule has 9 nitrogen and oxygen atoms in total. The van der Waals surface area contributed by atoms with Crippen LogP contribution in [0.15, 0.2) is 54.9 Å². The van der Waals surface area contributed by atoms with Gasteiger partial charge in [0, 0.05) is 25.3 Å². The Morgan fingerprint density at radius 1 is 1.13 bits per heavy atom. The Balaban J connectivity index is 1.17. The number of thiocarbonyl (C=S) groups is 1. The summed E-state index contributed by atoms with van der Waals surface area (Å²) in [6.07, 6.45) is 0.345. The minimum atomic E-state index is -4.73. The van der Waals surface area contributed by atoms with E-state index < -0.39 is 6.36 Å². The fourth-order valence-electron chi connectivity index (χ4n) is 4.39. The number of piperidine rings is 1. The number of anilines is 2. The number of halogens is 3. The number of hydrogen-bond acceptors (Lipinski definition) is 6. The van der Waals surface area contributed by atoms with Crippen molar-refractivity contribution in [1.82, 2.24) is 25.4 Å². The largest absolute Gasteiger partial charge is 0.573 e. The number of amides is 2. The van der Waals surface area contributed by atoms with Gasteiger partial charge in [0.2, 0.25) is 5.95 Å². The fraction of sp³-hybridized carbons (Fsp3) is 0.385. The molecule has 0 radical (unpaired) electrons. The van der Waals surface area contributed by atoms with Crippen molar-refractivity contribution in [3.63, 3.8) is 0 Å². The SMILES string of the molecule is CCc1ccccc1NC(=S)NC(=O)NCCC1CCN(c2ncn(-c3ccc(OC(F)(F)F)cc3)n2)CC1. The molecule has 39 heavy (non-hydrogen) atoms. The maximum absolute atomic E-state index is 12.4. The topological polar surface area (TPSA) is 96.3 Å². The summed E-state index contributed by atoms with van der Waals surface area (Å²) in [7, 11) is 0. The maximum atomic E-state index is 12.4. The molecule has 0 atom stereocenters. The number of nitrogens with zero attached hydrogens (tertiary/aromatic N) is 4. The Kier molecular flexibility index (Phi) is 9.23. The molecule has 2 aromatic carbocycles. The number of alkyl halides is 3. The number of aryl methyl sites for hydroxylation is 1. The van der Waals surface area contributed by atoms with Crippen LogP contribution in [-0.4, -0.2) is 51.9 Å². The molecule has 208 valence electrons. The van der Waals surface area contributed by atoms with Crippen LogP contribution in [0.3, 0.4) is 0 Å². The normalized spacial score (nSPS) is 14.1. The molecule has 13 heteroatoms. The van der Waals surface area contributed by atoms with E-state index in [9.17, 15) is 18.0 Å². The van der Waals surface area contributed by atoms with E-state index in [4.69, 9.17) is 12.2 Å². The van der Waals surface area contributed by atoms with E-state index in [-0.39, 0.29) is 16.9 Å². The fourth-order valence-corrected chi connectivity index (χ4v) is 4.59. The molecule has 1 aromatic heterocycles. The molecule has 2 amide bonds. The van der Waals surface area contributed by atoms with Gasteiger partial charge in [-0.05, 0) is 79.7 Å². The number of carbonyl (C=O) groups is 1. The smallest absolute Gasteiger partial charge is 0.406 e. The summed E-state index contributed by atoms with van der Waals surface area (Å²) in [6, 6.07) is 12.9. The van der Waals surface area contributed by atoms with Crippen molar-refractivity contribution in [2.24, 2.45) is 5.92 Å². The van der Waals surface area contributed by atoms with Gasteiger partial charge in [-0.25, -0.2) is 9.48 Å². The summed E-state index contributed by atoms with van der Waals surface area (Å²) in [5.74, 6) is 0.719. The van der Waals surface area contributed by atoms with Crippen LogP contribution in [0.1, 0.15) is 31.7 Å². The Morgan fingerprint density at radius 3 is 2.54 bits per heavy atom. The van der Waals surface area contributed by atoms with Crippen LogP contribution in [0.2, 0.25) is 0 Å². The van der Waals surface area contributed by atoms with Crippen LogP contribution in [0.4, 0.5) is 29.6 Å². The van der Waals surface area contributed by atoms with Gasteiger partial charge < -0.3 is 20.3 Å². The van der Waals surface area contributed by atoms with Crippen molar-refractivity contribution < 1.29 is 22.7 Å². The van der Waals surface area contributed by atoms with Crippen molar-refractivity contribution in [3.8, 4) is 11.4 Å². The molecule has 3 N–H and O–H groups in total. The second-order valence-electron chi connectivity index (χ2n) is 9.10. The third-order valence-corrected chi connectivity index (χ3v) is 6.63. The predicted octanol–water partition coefficient (Wildman–Crippen LogP) is 5.03. The van der Waals surface area contributed by atoms with Crippen molar-refractivity contribution in [1.29, 1.82) is 0 Å². The van der Waals surface area contributed by atoms with E-state index in [0.29, 0.717) is 24.1 Å². The predicted molar refractivity (Wildman–Crippen MR) is 146 cm³/mol. The lowest BCUT2D eigenvalue weighted by Crippen LogP contribution is -2.42. The first-order valence-corrected chi connectivity index (χ1v) is 13.1. The number of benzene rings is 2. The summed E-state index contributed by atoms with van der Waals surface area (Å²) in [4.78, 5) is 18.7. The highest BCUT2D eigenvalue weighted by atomic mass is 32.1. The first kappa shape index (κ1) is 28.1. The maximum Gasteiger partial charge on any atom is 0.573 e. The zero-order valence-electron chi connectivity index (χ0n) is 21.4. The number of nitrogens with one attached hydrogen (secondary N) is 3. The molecule has 0 saturated carbocycles. The standard InChI is InChI=1S/C26H30F3N7O2S/c1-2-19-5-3-4-6-22(19)32-25(39)33-24(37)30-14-11-18-12-15-35(16-13-18)23-31-17-36(34-23)20-7-9-21(10-8-20)38-26(27,28)29/h3-10,17-18H,2,11-16H2,1H3,(H3,30,32,33,37,39). The highest BCUT2D eigenvalue weighted by molar-refractivity contribution is 7.80. The molecule has 0 aliphatic carbocycles. The van der Waals surface area contributed by atoms with Gasteiger partial charge in [-0.3, -0.25) is 5.32 Å². The first-order valence-electron chi connectivity index (χ1n) is 12.7. The Labute approximate surface area is 229 Å². The minimum Gasteiger partial charge on any atom is -0.406 e. The van der Waals surface area contributed by atoms with Gasteiger partial charge in [-0.15, -0.1) is 18.3 Å². The van der Waals surface area contributed by atoms with E-state index in [2.05, 4.69) is 42.6 Å². The molecule has 3 aromatic rings. The van der Waals surface area contributed by atoms with E-state index in [1.54, 1.807) is 0 Å². The zero-order valence-corrected chi connectivity index (χ0v) is 22.2. The van der Waals surface area contributed by atoms with Gasteiger partial charge in [0.25, 0.3) is 0 Å². The number of hydrogen-bond donors (Lipinski definition) is 3. The number of urea groups is 1. The van der Waals surface area contributed by atoms with Crippen molar-refractivity contribution in [2.75, 3.05) is 29.9 Å². The zero-order chi connectivity index (χ0) is 27.8. The molecule has 1 aliphatic heterocycles. The highest BCUT2D eigenvalue weighted by Crippen LogP contribution is 2.25. The van der Waals surface area contributed by atoms with Crippen LogP contribution in [0, 0.1) is 5.92 Å². The summed E-state index contributed by atoms with van der Waals surface area (Å²) < 4.78 is 42.5. The van der Waals surface area contributed by atoms with Crippen molar-refractivity contribution in [2.45, 2.75) is 39.0 Å². The second kappa shape index (κ2) is 12.8. The lowest BCUT2D eigenvalue weighted by Gasteiger charge is -2.31. The number of para-hydroxylation sites is 1. The molecule has 1 aliphatic rings. The lowest BCUT2D eigenvalue weighted by atomic mass is 9.94. The van der Waals surface area contributed by atoms with Crippen molar-refractivity contribution >= 4 is 35.0 Å². The van der Waals surface area contributed by atoms with Crippen LogP contribution in [-0.2, 0) is 6.42 Å². The summed E-state index contributed by atoms with van der Waals surface area (Å²) >= 11 is 5.26. The van der Waals surface area contributed by atoms with Crippen molar-refractivity contribution in [3.05, 3.63) is 60.4 Å². The summed E-state index contributed by atoms with van der Waals surface area (Å²) in [6.45, 7) is 4.12. The van der Waals surface area contributed by atoms with E-state index in [1.807, 2.05) is 24.3 Å². The molecule has 0 unspecified atom stereocenters. The van der Waals surface area contributed by atoms with Crippen LogP contribution >= 0.6 is 12.2 Å². The summed E-state index contributed by atoms with van der Waals surface area (Å²) in [5.41, 5.74) is 2.57. The van der Waals surface area contributed by atoms with E-state index in [1.165, 1.54) is 35.3 Å². The van der Waals surface area contributed by atoms with Gasteiger partial charge in [-0.1, -0.05) is 25.1 Å². The number of ether oxygens (including phenoxy) is 1. The average Bonchev–Trinajstić information content (AvgIpc) is 3.39. The second-order valence-corrected chi connectivity index (χ2v) is 9.50. The molecular weight excluding hydrogens is 531 g/mol. The molecule has 0 spiro atoms. The van der Waals surface area contributed by atoms with E-state index in [0.717, 1.165) is 50.0 Å². The van der Waals surface area contributed by atoms with Crippen LogP contribution in [0.5, 0.6) is 5.75 Å². The molecule has 2 heterocycles. The number of rotatable bonds is 8. The number of carbonyl (C=O) groups excluding carboxylic acids is 1. The third kappa shape index (κ3) is 8.31. The van der Waals surface area contributed by atoms with Gasteiger partial charge >= 0.3 is 12.4 Å². The molecule has 1 fully saturated rings. The quantitative estimate of drug-likeness (QED) is 0.332.